The third-order valence-corrected chi connectivity index (χ3v) is 2.38. The highest BCUT2D eigenvalue weighted by Gasteiger charge is 2.15. The maximum absolute atomic E-state index is 11.7. The number of hydrogen-bond acceptors (Lipinski definition) is 4. The minimum absolute atomic E-state index is 0.201. The minimum Gasteiger partial charge on any atom is -0.459 e. The van der Waals surface area contributed by atoms with Gasteiger partial charge in [0.1, 0.15) is 0 Å². The van der Waals surface area contributed by atoms with Crippen LogP contribution in [0.25, 0.3) is 0 Å². The molecule has 1 aromatic rings. The van der Waals surface area contributed by atoms with Crippen molar-refractivity contribution in [1.82, 2.24) is 0 Å². The summed E-state index contributed by atoms with van der Waals surface area (Å²) >= 11 is 0. The Balaban J connectivity index is 3.04. The Morgan fingerprint density at radius 1 is 1.29 bits per heavy atom. The SMILES string of the molecule is CC(C)OC(=O)c1ccccc1NS(C)(=O)=O. The molecule has 1 rings (SSSR count). The number of para-hydroxylation sites is 1. The van der Waals surface area contributed by atoms with E-state index in [4.69, 9.17) is 4.74 Å². The number of benzene rings is 1. The van der Waals surface area contributed by atoms with E-state index in [2.05, 4.69) is 4.72 Å². The standard InChI is InChI=1S/C11H15NO4S/c1-8(2)16-11(13)9-6-4-5-7-10(9)12-17(3,14)15/h4-8,12H,1-3H3. The fourth-order valence-electron chi connectivity index (χ4n) is 1.23. The summed E-state index contributed by atoms with van der Waals surface area (Å²) in [7, 11) is -3.42. The van der Waals surface area contributed by atoms with E-state index in [1.165, 1.54) is 12.1 Å². The molecule has 0 amide bonds. The fourth-order valence-corrected chi connectivity index (χ4v) is 1.80. The maximum Gasteiger partial charge on any atom is 0.340 e. The third-order valence-electron chi connectivity index (χ3n) is 1.79. The molecule has 0 heterocycles. The van der Waals surface area contributed by atoms with Gasteiger partial charge in [-0.15, -0.1) is 0 Å². The first kappa shape index (κ1) is 13.5. The molecule has 94 valence electrons. The molecule has 0 atom stereocenters. The molecule has 0 fully saturated rings. The molecule has 0 saturated carbocycles. The first-order valence-electron chi connectivity index (χ1n) is 5.07. The molecular weight excluding hydrogens is 242 g/mol. The lowest BCUT2D eigenvalue weighted by Gasteiger charge is -2.12. The van der Waals surface area contributed by atoms with Crippen molar-refractivity contribution in [2.24, 2.45) is 0 Å². The lowest BCUT2D eigenvalue weighted by Crippen LogP contribution is -2.16. The second-order valence-corrected chi connectivity index (χ2v) is 5.62. The van der Waals surface area contributed by atoms with Crippen LogP contribution in [0.15, 0.2) is 24.3 Å². The van der Waals surface area contributed by atoms with E-state index < -0.39 is 16.0 Å². The topological polar surface area (TPSA) is 72.5 Å². The van der Waals surface area contributed by atoms with Gasteiger partial charge >= 0.3 is 5.97 Å². The van der Waals surface area contributed by atoms with Crippen LogP contribution in [-0.4, -0.2) is 26.7 Å². The molecule has 1 aromatic carbocycles. The summed E-state index contributed by atoms with van der Waals surface area (Å²) in [6, 6.07) is 6.31. The lowest BCUT2D eigenvalue weighted by atomic mass is 10.2. The molecule has 0 aliphatic rings. The van der Waals surface area contributed by atoms with Crippen LogP contribution in [-0.2, 0) is 14.8 Å². The molecular formula is C11H15NO4S. The number of sulfonamides is 1. The van der Waals surface area contributed by atoms with E-state index in [0.717, 1.165) is 6.26 Å². The van der Waals surface area contributed by atoms with Crippen molar-refractivity contribution in [3.63, 3.8) is 0 Å². The summed E-state index contributed by atoms with van der Waals surface area (Å²) in [5.41, 5.74) is 0.423. The third kappa shape index (κ3) is 4.44. The average Bonchev–Trinajstić information content (AvgIpc) is 2.14. The first-order valence-corrected chi connectivity index (χ1v) is 6.96. The normalized spacial score (nSPS) is 11.3. The Kier molecular flexibility index (Phi) is 4.11. The smallest absolute Gasteiger partial charge is 0.340 e. The van der Waals surface area contributed by atoms with Crippen LogP contribution in [0.5, 0.6) is 0 Å². The molecule has 0 radical (unpaired) electrons. The van der Waals surface area contributed by atoms with Gasteiger partial charge in [0.05, 0.1) is 23.6 Å². The van der Waals surface area contributed by atoms with Crippen molar-refractivity contribution in [1.29, 1.82) is 0 Å². The Hall–Kier alpha value is -1.56. The van der Waals surface area contributed by atoms with E-state index in [1.54, 1.807) is 26.0 Å². The largest absolute Gasteiger partial charge is 0.459 e. The summed E-state index contributed by atoms with van der Waals surface area (Å²) in [5, 5.41) is 0. The molecule has 0 saturated heterocycles. The van der Waals surface area contributed by atoms with Gasteiger partial charge in [-0.2, -0.15) is 0 Å². The van der Waals surface area contributed by atoms with Gasteiger partial charge < -0.3 is 4.74 Å². The van der Waals surface area contributed by atoms with Crippen LogP contribution in [0, 0.1) is 0 Å². The molecule has 17 heavy (non-hydrogen) atoms. The molecule has 0 spiro atoms. The second kappa shape index (κ2) is 5.18. The molecule has 5 nitrogen and oxygen atoms in total. The molecule has 0 aromatic heterocycles. The zero-order valence-electron chi connectivity index (χ0n) is 9.93. The van der Waals surface area contributed by atoms with Gasteiger partial charge in [0.25, 0.3) is 0 Å². The Bertz CT molecular complexity index is 508. The van der Waals surface area contributed by atoms with Gasteiger partial charge in [-0.25, -0.2) is 13.2 Å². The number of carbonyl (C=O) groups excluding carboxylic acids is 1. The number of hydrogen-bond donors (Lipinski definition) is 1. The van der Waals surface area contributed by atoms with Crippen LogP contribution in [0.4, 0.5) is 5.69 Å². The summed E-state index contributed by atoms with van der Waals surface area (Å²) in [6.45, 7) is 3.45. The van der Waals surface area contributed by atoms with Crippen molar-refractivity contribution in [3.05, 3.63) is 29.8 Å². The van der Waals surface area contributed by atoms with Crippen molar-refractivity contribution in [3.8, 4) is 0 Å². The highest BCUT2D eigenvalue weighted by molar-refractivity contribution is 7.92. The predicted molar refractivity (Wildman–Crippen MR) is 65.5 cm³/mol. The summed E-state index contributed by atoms with van der Waals surface area (Å²) < 4.78 is 29.6. The van der Waals surface area contributed by atoms with Crippen molar-refractivity contribution >= 4 is 21.7 Å². The number of esters is 1. The summed E-state index contributed by atoms with van der Waals surface area (Å²) in [5.74, 6) is -0.549. The van der Waals surface area contributed by atoms with Crippen LogP contribution in [0.3, 0.4) is 0 Å². The van der Waals surface area contributed by atoms with Crippen molar-refractivity contribution < 1.29 is 17.9 Å². The van der Waals surface area contributed by atoms with Gasteiger partial charge in [-0.05, 0) is 26.0 Å². The van der Waals surface area contributed by atoms with Crippen LogP contribution in [0.2, 0.25) is 0 Å². The number of anilines is 1. The Morgan fingerprint density at radius 2 is 1.88 bits per heavy atom. The van der Waals surface area contributed by atoms with Gasteiger partial charge in [-0.1, -0.05) is 12.1 Å². The first-order chi connectivity index (χ1) is 7.79. The van der Waals surface area contributed by atoms with E-state index in [9.17, 15) is 13.2 Å². The summed E-state index contributed by atoms with van der Waals surface area (Å²) in [6.07, 6.45) is 0.770. The fraction of sp³-hybridized carbons (Fsp3) is 0.364. The molecule has 0 bridgehead atoms. The van der Waals surface area contributed by atoms with Crippen LogP contribution < -0.4 is 4.72 Å². The van der Waals surface area contributed by atoms with E-state index in [-0.39, 0.29) is 17.4 Å². The number of carbonyl (C=O) groups is 1. The van der Waals surface area contributed by atoms with Crippen molar-refractivity contribution in [2.75, 3.05) is 11.0 Å². The van der Waals surface area contributed by atoms with E-state index >= 15 is 0 Å². The zero-order chi connectivity index (χ0) is 13.1. The molecule has 1 N–H and O–H groups in total. The second-order valence-electron chi connectivity index (χ2n) is 3.87. The van der Waals surface area contributed by atoms with Crippen molar-refractivity contribution in [2.45, 2.75) is 20.0 Å². The number of rotatable bonds is 4. The van der Waals surface area contributed by atoms with E-state index in [0.29, 0.717) is 0 Å². The van der Waals surface area contributed by atoms with Gasteiger partial charge in [0.2, 0.25) is 10.0 Å². The average molecular weight is 257 g/mol. The monoisotopic (exact) mass is 257 g/mol. The number of ether oxygens (including phenoxy) is 1. The Morgan fingerprint density at radius 3 is 2.41 bits per heavy atom. The van der Waals surface area contributed by atoms with Gasteiger partial charge in [0, 0.05) is 0 Å². The predicted octanol–water partition coefficient (Wildman–Crippen LogP) is 1.62. The van der Waals surface area contributed by atoms with Crippen LogP contribution in [0.1, 0.15) is 24.2 Å². The highest BCUT2D eigenvalue weighted by Crippen LogP contribution is 2.17. The zero-order valence-corrected chi connectivity index (χ0v) is 10.7. The number of nitrogens with one attached hydrogen (secondary N) is 1. The van der Waals surface area contributed by atoms with Crippen LogP contribution >= 0.6 is 0 Å². The van der Waals surface area contributed by atoms with Gasteiger partial charge in [-0.3, -0.25) is 4.72 Å². The quantitative estimate of drug-likeness (QED) is 0.832. The maximum atomic E-state index is 11.7. The Labute approximate surface area is 101 Å². The molecule has 0 aliphatic carbocycles. The lowest BCUT2D eigenvalue weighted by molar-refractivity contribution is 0.0379. The molecule has 6 heteroatoms. The molecule has 0 aliphatic heterocycles. The summed E-state index contributed by atoms with van der Waals surface area (Å²) in [4.78, 5) is 11.7. The van der Waals surface area contributed by atoms with E-state index in [1.807, 2.05) is 0 Å². The minimum atomic E-state index is -3.42. The highest BCUT2D eigenvalue weighted by atomic mass is 32.2. The molecule has 0 unspecified atom stereocenters. The van der Waals surface area contributed by atoms with Gasteiger partial charge in [0.15, 0.2) is 0 Å².